The van der Waals surface area contributed by atoms with Crippen molar-refractivity contribution in [1.29, 1.82) is 0 Å². The van der Waals surface area contributed by atoms with Gasteiger partial charge in [-0.05, 0) is 19.6 Å². The number of hydrogen-bond donors (Lipinski definition) is 0. The maximum absolute atomic E-state index is 10.0. The van der Waals surface area contributed by atoms with Gasteiger partial charge >= 0.3 is 0 Å². The van der Waals surface area contributed by atoms with E-state index in [1.807, 2.05) is 0 Å². The molecule has 0 fully saturated rings. The Morgan fingerprint density at radius 2 is 1.00 bits per heavy atom. The van der Waals surface area contributed by atoms with Crippen molar-refractivity contribution >= 4 is 0 Å². The predicted octanol–water partition coefficient (Wildman–Crippen LogP) is -3.63. The molecule has 62 valence electrons. The zero-order chi connectivity index (χ0) is 7.82. The Balaban J connectivity index is 3.30. The summed E-state index contributed by atoms with van der Waals surface area (Å²) in [6.45, 7) is 0.263. The molecular weight excluding hydrogens is 134 g/mol. The van der Waals surface area contributed by atoms with Crippen LogP contribution in [0.2, 0.25) is 0 Å². The van der Waals surface area contributed by atoms with Crippen molar-refractivity contribution in [3.8, 4) is 0 Å². The summed E-state index contributed by atoms with van der Waals surface area (Å²) in [5, 5.41) is 30.1. The molecule has 0 aliphatic carbocycles. The monoisotopic (exact) mass is 146 g/mol. The summed E-state index contributed by atoms with van der Waals surface area (Å²) < 4.78 is 0. The average molecular weight is 146 g/mol. The van der Waals surface area contributed by atoms with Gasteiger partial charge in [-0.3, -0.25) is 0 Å². The van der Waals surface area contributed by atoms with Crippen LogP contribution in [0.3, 0.4) is 0 Å². The summed E-state index contributed by atoms with van der Waals surface area (Å²) in [5.74, 6) is 0. The third-order valence-corrected chi connectivity index (χ3v) is 1.22. The van der Waals surface area contributed by atoms with E-state index in [9.17, 15) is 15.3 Å². The molecule has 4 nitrogen and oxygen atoms in total. The predicted molar refractivity (Wildman–Crippen MR) is 31.0 cm³/mol. The molecule has 0 spiro atoms. The van der Waals surface area contributed by atoms with Crippen molar-refractivity contribution in [2.75, 3.05) is 39.5 Å². The highest BCUT2D eigenvalue weighted by molar-refractivity contribution is 4.52. The summed E-state index contributed by atoms with van der Waals surface area (Å²) in [6.07, 6.45) is 0. The standard InChI is InChI=1S/C6H12NO3/c8-4-1-7(2-5-9)3-6-10/h1-6H2/q-3. The zero-order valence-corrected chi connectivity index (χ0v) is 5.91. The highest BCUT2D eigenvalue weighted by atomic mass is 16.3. The Labute approximate surface area is 60.7 Å². The van der Waals surface area contributed by atoms with E-state index in [1.165, 1.54) is 0 Å². The third kappa shape index (κ3) is 4.69. The molecule has 0 aliphatic heterocycles. The fraction of sp³-hybridized carbons (Fsp3) is 1.00. The summed E-state index contributed by atoms with van der Waals surface area (Å²) in [6, 6.07) is 0. The Bertz CT molecular complexity index is 55.7. The lowest BCUT2D eigenvalue weighted by Crippen LogP contribution is -2.39. The first-order chi connectivity index (χ1) is 4.85. The Morgan fingerprint density at radius 1 is 0.700 bits per heavy atom. The summed E-state index contributed by atoms with van der Waals surface area (Å²) >= 11 is 0. The fourth-order valence-corrected chi connectivity index (χ4v) is 0.723. The fourth-order valence-electron chi connectivity index (χ4n) is 0.723. The van der Waals surface area contributed by atoms with E-state index in [-0.39, 0.29) is 19.8 Å². The van der Waals surface area contributed by atoms with E-state index in [0.29, 0.717) is 19.6 Å². The molecule has 0 unspecified atom stereocenters. The van der Waals surface area contributed by atoms with Crippen LogP contribution >= 0.6 is 0 Å². The number of rotatable bonds is 6. The molecule has 0 amide bonds. The van der Waals surface area contributed by atoms with Crippen LogP contribution in [-0.4, -0.2) is 44.4 Å². The average Bonchev–Trinajstić information content (AvgIpc) is 1.90. The molecule has 10 heavy (non-hydrogen) atoms. The highest BCUT2D eigenvalue weighted by Crippen LogP contribution is 1.81. The molecule has 0 bridgehead atoms. The molecular formula is C6H12NO3-3. The highest BCUT2D eigenvalue weighted by Gasteiger charge is 1.93. The Morgan fingerprint density at radius 3 is 1.20 bits per heavy atom. The Hall–Kier alpha value is -0.160. The first-order valence-electron chi connectivity index (χ1n) is 3.31. The van der Waals surface area contributed by atoms with Gasteiger partial charge in [0.25, 0.3) is 0 Å². The summed E-state index contributed by atoms with van der Waals surface area (Å²) in [7, 11) is 0. The summed E-state index contributed by atoms with van der Waals surface area (Å²) in [4.78, 5) is 1.60. The van der Waals surface area contributed by atoms with Crippen LogP contribution < -0.4 is 15.3 Å². The van der Waals surface area contributed by atoms with Crippen LogP contribution in [0.4, 0.5) is 0 Å². The van der Waals surface area contributed by atoms with Crippen LogP contribution in [0.1, 0.15) is 0 Å². The van der Waals surface area contributed by atoms with Gasteiger partial charge in [0.2, 0.25) is 0 Å². The van der Waals surface area contributed by atoms with Crippen LogP contribution in [0.5, 0.6) is 0 Å². The largest absolute Gasteiger partial charge is 0.854 e. The van der Waals surface area contributed by atoms with Gasteiger partial charge in [0, 0.05) is 0 Å². The summed E-state index contributed by atoms with van der Waals surface area (Å²) in [5.41, 5.74) is 0. The first kappa shape index (κ1) is 9.84. The van der Waals surface area contributed by atoms with Crippen molar-refractivity contribution in [1.82, 2.24) is 4.90 Å². The molecule has 0 N–H and O–H groups in total. The van der Waals surface area contributed by atoms with E-state index in [2.05, 4.69) is 0 Å². The van der Waals surface area contributed by atoms with Crippen molar-refractivity contribution in [3.63, 3.8) is 0 Å². The van der Waals surface area contributed by atoms with E-state index >= 15 is 0 Å². The van der Waals surface area contributed by atoms with E-state index in [1.54, 1.807) is 4.90 Å². The zero-order valence-electron chi connectivity index (χ0n) is 5.91. The molecule has 0 aromatic rings. The second-order valence-electron chi connectivity index (χ2n) is 1.95. The van der Waals surface area contributed by atoms with Crippen molar-refractivity contribution < 1.29 is 15.3 Å². The quantitative estimate of drug-likeness (QED) is 0.387. The van der Waals surface area contributed by atoms with E-state index in [0.717, 1.165) is 0 Å². The van der Waals surface area contributed by atoms with E-state index in [4.69, 9.17) is 0 Å². The van der Waals surface area contributed by atoms with Crippen molar-refractivity contribution in [2.45, 2.75) is 0 Å². The lowest BCUT2D eigenvalue weighted by Gasteiger charge is -2.26. The van der Waals surface area contributed by atoms with Gasteiger partial charge in [-0.25, -0.2) is 0 Å². The molecule has 0 saturated carbocycles. The van der Waals surface area contributed by atoms with Gasteiger partial charge in [-0.1, -0.05) is 0 Å². The normalized spacial score (nSPS) is 10.8. The minimum absolute atomic E-state index is 0.236. The molecule has 0 aromatic carbocycles. The second-order valence-corrected chi connectivity index (χ2v) is 1.95. The molecule has 0 rings (SSSR count). The van der Waals surface area contributed by atoms with Crippen LogP contribution in [0.15, 0.2) is 0 Å². The van der Waals surface area contributed by atoms with Gasteiger partial charge in [0.1, 0.15) is 0 Å². The van der Waals surface area contributed by atoms with Gasteiger partial charge in [-0.2, -0.15) is 0 Å². The minimum Gasteiger partial charge on any atom is -0.854 e. The second kappa shape index (κ2) is 6.95. The lowest BCUT2D eigenvalue weighted by atomic mass is 10.4. The number of nitrogens with zero attached hydrogens (tertiary/aromatic N) is 1. The maximum atomic E-state index is 10.0. The molecule has 4 heteroatoms. The SMILES string of the molecule is [O-]CCN(CC[O-])CC[O-]. The van der Waals surface area contributed by atoms with Crippen molar-refractivity contribution in [3.05, 3.63) is 0 Å². The van der Waals surface area contributed by atoms with Gasteiger partial charge < -0.3 is 20.2 Å². The van der Waals surface area contributed by atoms with Gasteiger partial charge in [0.05, 0.1) is 0 Å². The topological polar surface area (TPSA) is 72.4 Å². The molecule has 0 heterocycles. The molecule has 0 aromatic heterocycles. The molecule has 0 radical (unpaired) electrons. The first-order valence-corrected chi connectivity index (χ1v) is 3.31. The molecule has 0 saturated heterocycles. The van der Waals surface area contributed by atoms with Gasteiger partial charge in [-0.15, -0.1) is 19.8 Å². The molecule has 0 aliphatic rings. The van der Waals surface area contributed by atoms with Crippen LogP contribution in [-0.2, 0) is 0 Å². The maximum Gasteiger partial charge on any atom is -0.0174 e. The smallest absolute Gasteiger partial charge is 0.0174 e. The van der Waals surface area contributed by atoms with Crippen LogP contribution in [0, 0.1) is 0 Å². The molecule has 0 atom stereocenters. The van der Waals surface area contributed by atoms with Crippen LogP contribution in [0.25, 0.3) is 0 Å². The lowest BCUT2D eigenvalue weighted by molar-refractivity contribution is -0.386. The minimum atomic E-state index is -0.236. The van der Waals surface area contributed by atoms with Crippen molar-refractivity contribution in [2.24, 2.45) is 0 Å². The van der Waals surface area contributed by atoms with Gasteiger partial charge in [0.15, 0.2) is 0 Å². The Kier molecular flexibility index (Phi) is 6.84. The number of hydrogen-bond acceptors (Lipinski definition) is 4. The third-order valence-electron chi connectivity index (χ3n) is 1.22. The van der Waals surface area contributed by atoms with E-state index < -0.39 is 0 Å².